The summed E-state index contributed by atoms with van der Waals surface area (Å²) in [5, 5.41) is 7.18. The molecule has 5 nitrogen and oxygen atoms in total. The summed E-state index contributed by atoms with van der Waals surface area (Å²) in [6, 6.07) is 5.00. The number of carbonyl (C=O) groups is 1. The van der Waals surface area contributed by atoms with Gasteiger partial charge in [-0.05, 0) is 38.0 Å². The molecule has 2 heterocycles. The number of likely N-dealkylation sites (tertiary alicyclic amines) is 1. The average molecular weight is 335 g/mol. The summed E-state index contributed by atoms with van der Waals surface area (Å²) in [4.78, 5) is 14.0. The van der Waals surface area contributed by atoms with Crippen LogP contribution in [0.4, 0.5) is 8.78 Å². The summed E-state index contributed by atoms with van der Waals surface area (Å²) in [5.74, 6) is -1.64. The first kappa shape index (κ1) is 16.4. The topological polar surface area (TPSA) is 58.2 Å². The normalized spacial score (nSPS) is 17.8. The first-order valence-corrected chi connectivity index (χ1v) is 7.90. The Morgan fingerprint density at radius 2 is 2.25 bits per heavy atom. The van der Waals surface area contributed by atoms with E-state index in [9.17, 15) is 13.6 Å². The van der Waals surface area contributed by atoms with E-state index in [1.54, 1.807) is 4.90 Å². The molecular formula is C17H19F2N3O2. The first-order valence-electron chi connectivity index (χ1n) is 7.90. The van der Waals surface area contributed by atoms with E-state index in [0.29, 0.717) is 13.1 Å². The molecule has 1 atom stereocenters. The summed E-state index contributed by atoms with van der Waals surface area (Å²) in [6.07, 6.45) is 1.86. The van der Waals surface area contributed by atoms with Crippen LogP contribution >= 0.6 is 0 Å². The Labute approximate surface area is 138 Å². The number of amides is 1. The molecule has 1 aromatic carbocycles. The zero-order chi connectivity index (χ0) is 17.1. The van der Waals surface area contributed by atoms with E-state index in [2.05, 4.69) is 10.2 Å². The molecule has 7 heteroatoms. The fraction of sp³-hybridized carbons (Fsp3) is 0.412. The number of benzene rings is 1. The van der Waals surface area contributed by atoms with Crippen molar-refractivity contribution >= 4 is 5.91 Å². The standard InChI is InChI=1S/C17H19F2N3O2/c1-11-7-15(21-20-11)12-3-2-6-22(9-12)17(23)10-24-16-5-4-13(18)8-14(16)19/h4-5,7-8,12H,2-3,6,9-10H2,1H3,(H,20,21)/t12-/m1/s1. The first-order chi connectivity index (χ1) is 11.5. The lowest BCUT2D eigenvalue weighted by atomic mass is 9.94. The van der Waals surface area contributed by atoms with Crippen molar-refractivity contribution in [1.29, 1.82) is 0 Å². The molecule has 1 amide bonds. The zero-order valence-corrected chi connectivity index (χ0v) is 13.4. The minimum atomic E-state index is -0.814. The summed E-state index contributed by atoms with van der Waals surface area (Å²) in [7, 11) is 0. The molecule has 24 heavy (non-hydrogen) atoms. The van der Waals surface area contributed by atoms with Gasteiger partial charge in [0.15, 0.2) is 18.2 Å². The summed E-state index contributed by atoms with van der Waals surface area (Å²) < 4.78 is 31.6. The number of nitrogens with zero attached hydrogens (tertiary/aromatic N) is 2. The second kappa shape index (κ2) is 6.98. The molecule has 3 rings (SSSR count). The maximum absolute atomic E-state index is 13.5. The molecule has 1 fully saturated rings. The number of ether oxygens (including phenoxy) is 1. The van der Waals surface area contributed by atoms with Gasteiger partial charge in [0.1, 0.15) is 5.82 Å². The lowest BCUT2D eigenvalue weighted by Crippen LogP contribution is -2.41. The van der Waals surface area contributed by atoms with Crippen LogP contribution in [0.15, 0.2) is 24.3 Å². The van der Waals surface area contributed by atoms with Crippen LogP contribution in [0, 0.1) is 18.6 Å². The fourth-order valence-electron chi connectivity index (χ4n) is 2.92. The Bertz CT molecular complexity index is 732. The van der Waals surface area contributed by atoms with Gasteiger partial charge < -0.3 is 9.64 Å². The van der Waals surface area contributed by atoms with Gasteiger partial charge in [-0.1, -0.05) is 0 Å². The summed E-state index contributed by atoms with van der Waals surface area (Å²) in [6.45, 7) is 2.88. The van der Waals surface area contributed by atoms with Gasteiger partial charge in [-0.3, -0.25) is 9.89 Å². The van der Waals surface area contributed by atoms with E-state index in [0.717, 1.165) is 36.4 Å². The van der Waals surface area contributed by atoms with Gasteiger partial charge in [-0.15, -0.1) is 0 Å². The number of hydrogen-bond donors (Lipinski definition) is 1. The monoisotopic (exact) mass is 335 g/mol. The number of nitrogens with one attached hydrogen (secondary N) is 1. The number of carbonyl (C=O) groups excluding carboxylic acids is 1. The molecule has 1 saturated heterocycles. The number of aromatic nitrogens is 2. The molecule has 128 valence electrons. The van der Waals surface area contributed by atoms with Crippen molar-refractivity contribution in [3.8, 4) is 5.75 Å². The fourth-order valence-corrected chi connectivity index (χ4v) is 2.92. The number of hydrogen-bond acceptors (Lipinski definition) is 3. The number of aromatic amines is 1. The molecule has 1 aromatic heterocycles. The van der Waals surface area contributed by atoms with Gasteiger partial charge in [-0.2, -0.15) is 5.10 Å². The third kappa shape index (κ3) is 3.72. The Morgan fingerprint density at radius 1 is 1.42 bits per heavy atom. The maximum Gasteiger partial charge on any atom is 0.260 e. The van der Waals surface area contributed by atoms with Crippen molar-refractivity contribution < 1.29 is 18.3 Å². The predicted molar refractivity (Wildman–Crippen MR) is 83.7 cm³/mol. The van der Waals surface area contributed by atoms with Gasteiger partial charge >= 0.3 is 0 Å². The molecular weight excluding hydrogens is 316 g/mol. The number of aryl methyl sites for hydroxylation is 1. The van der Waals surface area contributed by atoms with E-state index in [-0.39, 0.29) is 24.2 Å². The molecule has 0 spiro atoms. The zero-order valence-electron chi connectivity index (χ0n) is 13.4. The largest absolute Gasteiger partial charge is 0.481 e. The smallest absolute Gasteiger partial charge is 0.260 e. The van der Waals surface area contributed by atoms with Crippen LogP contribution in [0.5, 0.6) is 5.75 Å². The Balaban J connectivity index is 1.58. The van der Waals surface area contributed by atoms with Crippen LogP contribution in [0.3, 0.4) is 0 Å². The van der Waals surface area contributed by atoms with Crippen molar-refractivity contribution in [2.24, 2.45) is 0 Å². The number of H-pyrrole nitrogens is 1. The Morgan fingerprint density at radius 3 is 2.96 bits per heavy atom. The second-order valence-corrected chi connectivity index (χ2v) is 6.02. The molecule has 1 aliphatic heterocycles. The van der Waals surface area contributed by atoms with E-state index in [4.69, 9.17) is 4.74 Å². The molecule has 1 aliphatic rings. The van der Waals surface area contributed by atoms with E-state index < -0.39 is 11.6 Å². The number of rotatable bonds is 4. The number of halogens is 2. The van der Waals surface area contributed by atoms with Crippen LogP contribution in [-0.4, -0.2) is 40.7 Å². The van der Waals surface area contributed by atoms with Crippen molar-refractivity contribution in [3.63, 3.8) is 0 Å². The highest BCUT2D eigenvalue weighted by molar-refractivity contribution is 5.78. The van der Waals surface area contributed by atoms with Crippen molar-refractivity contribution in [2.75, 3.05) is 19.7 Å². The van der Waals surface area contributed by atoms with Crippen LogP contribution < -0.4 is 4.74 Å². The summed E-state index contributed by atoms with van der Waals surface area (Å²) >= 11 is 0. The van der Waals surface area contributed by atoms with Crippen molar-refractivity contribution in [3.05, 3.63) is 47.3 Å². The third-order valence-corrected chi connectivity index (χ3v) is 4.16. The van der Waals surface area contributed by atoms with Crippen LogP contribution in [-0.2, 0) is 4.79 Å². The number of piperidine rings is 1. The highest BCUT2D eigenvalue weighted by Crippen LogP contribution is 2.26. The van der Waals surface area contributed by atoms with Crippen LogP contribution in [0.25, 0.3) is 0 Å². The van der Waals surface area contributed by atoms with E-state index in [1.165, 1.54) is 6.07 Å². The van der Waals surface area contributed by atoms with Gasteiger partial charge in [0.05, 0.1) is 5.69 Å². The maximum atomic E-state index is 13.5. The van der Waals surface area contributed by atoms with Crippen LogP contribution in [0.2, 0.25) is 0 Å². The molecule has 2 aromatic rings. The van der Waals surface area contributed by atoms with E-state index >= 15 is 0 Å². The molecule has 1 N–H and O–H groups in total. The van der Waals surface area contributed by atoms with Gasteiger partial charge in [0.2, 0.25) is 0 Å². The van der Waals surface area contributed by atoms with Gasteiger partial charge in [0.25, 0.3) is 5.91 Å². The third-order valence-electron chi connectivity index (χ3n) is 4.16. The minimum absolute atomic E-state index is 0.124. The van der Waals surface area contributed by atoms with Crippen LogP contribution in [0.1, 0.15) is 30.1 Å². The molecule has 0 saturated carbocycles. The predicted octanol–water partition coefficient (Wildman–Crippen LogP) is 2.78. The Kier molecular flexibility index (Phi) is 4.78. The van der Waals surface area contributed by atoms with Crippen molar-refractivity contribution in [2.45, 2.75) is 25.7 Å². The lowest BCUT2D eigenvalue weighted by molar-refractivity contribution is -0.134. The van der Waals surface area contributed by atoms with Crippen molar-refractivity contribution in [1.82, 2.24) is 15.1 Å². The van der Waals surface area contributed by atoms with Gasteiger partial charge in [0, 0.05) is 30.8 Å². The quantitative estimate of drug-likeness (QED) is 0.935. The molecule has 0 bridgehead atoms. The summed E-state index contributed by atoms with van der Waals surface area (Å²) in [5.41, 5.74) is 1.94. The molecule has 0 unspecified atom stereocenters. The SMILES string of the molecule is Cc1cc([C@@H]2CCCN(C(=O)COc3ccc(F)cc3F)C2)n[nH]1. The second-order valence-electron chi connectivity index (χ2n) is 6.02. The molecule has 0 aliphatic carbocycles. The average Bonchev–Trinajstić information content (AvgIpc) is 3.00. The lowest BCUT2D eigenvalue weighted by Gasteiger charge is -2.31. The molecule has 0 radical (unpaired) electrons. The minimum Gasteiger partial charge on any atom is -0.481 e. The Hall–Kier alpha value is -2.44. The van der Waals surface area contributed by atoms with Gasteiger partial charge in [-0.25, -0.2) is 8.78 Å². The van der Waals surface area contributed by atoms with E-state index in [1.807, 2.05) is 13.0 Å². The highest BCUT2D eigenvalue weighted by atomic mass is 19.1. The highest BCUT2D eigenvalue weighted by Gasteiger charge is 2.26.